The molecule has 23 heavy (non-hydrogen) atoms. The zero-order valence-electron chi connectivity index (χ0n) is 14.4. The van der Waals surface area contributed by atoms with Crippen LogP contribution in [0.5, 0.6) is 5.75 Å². The Bertz CT molecular complexity index is 490. The van der Waals surface area contributed by atoms with Gasteiger partial charge in [-0.2, -0.15) is 0 Å². The highest BCUT2D eigenvalue weighted by atomic mass is 16.5. The van der Waals surface area contributed by atoms with Gasteiger partial charge in [-0.15, -0.1) is 0 Å². The Labute approximate surface area is 139 Å². The monoisotopic (exact) mass is 319 g/mol. The zero-order chi connectivity index (χ0) is 16.1. The van der Waals surface area contributed by atoms with Gasteiger partial charge in [0.25, 0.3) is 0 Å². The van der Waals surface area contributed by atoms with E-state index in [0.717, 1.165) is 58.0 Å². The van der Waals surface area contributed by atoms with Crippen LogP contribution in [0.4, 0.5) is 0 Å². The molecule has 0 bridgehead atoms. The van der Waals surface area contributed by atoms with Crippen LogP contribution in [0.1, 0.15) is 31.7 Å². The molecule has 2 atom stereocenters. The summed E-state index contributed by atoms with van der Waals surface area (Å²) in [5.74, 6) is 0.918. The molecule has 0 spiro atoms. The average molecular weight is 319 g/mol. The summed E-state index contributed by atoms with van der Waals surface area (Å²) in [5, 5.41) is 0. The number of hydrogen-bond acceptors (Lipinski definition) is 4. The highest BCUT2D eigenvalue weighted by Crippen LogP contribution is 2.40. The molecule has 4 nitrogen and oxygen atoms in total. The first-order chi connectivity index (χ1) is 11.3. The number of fused-ring (bicyclic) bond motifs is 1. The lowest BCUT2D eigenvalue weighted by Crippen LogP contribution is -2.56. The lowest BCUT2D eigenvalue weighted by atomic mass is 9.73. The topological polar surface area (TPSA) is 30.9 Å². The van der Waals surface area contributed by atoms with Gasteiger partial charge in [-0.05, 0) is 43.9 Å². The van der Waals surface area contributed by atoms with Crippen LogP contribution in [-0.2, 0) is 16.0 Å². The van der Waals surface area contributed by atoms with Crippen LogP contribution in [0.15, 0.2) is 24.3 Å². The maximum absolute atomic E-state index is 6.09. The van der Waals surface area contributed by atoms with E-state index in [0.29, 0.717) is 6.10 Å². The van der Waals surface area contributed by atoms with E-state index in [1.807, 2.05) is 12.1 Å². The number of piperidine rings is 1. The minimum absolute atomic E-state index is 0.180. The highest BCUT2D eigenvalue weighted by molar-refractivity contribution is 5.27. The minimum Gasteiger partial charge on any atom is -0.497 e. The molecule has 1 aromatic rings. The fraction of sp³-hybridized carbons (Fsp3) is 0.684. The highest BCUT2D eigenvalue weighted by Gasteiger charge is 2.45. The summed E-state index contributed by atoms with van der Waals surface area (Å²) < 4.78 is 17.2. The van der Waals surface area contributed by atoms with Gasteiger partial charge >= 0.3 is 0 Å². The Morgan fingerprint density at radius 1 is 1.30 bits per heavy atom. The molecule has 128 valence electrons. The van der Waals surface area contributed by atoms with Crippen LogP contribution >= 0.6 is 0 Å². The molecule has 0 aromatic heterocycles. The van der Waals surface area contributed by atoms with E-state index in [4.69, 9.17) is 14.2 Å². The van der Waals surface area contributed by atoms with Gasteiger partial charge in [0.1, 0.15) is 5.75 Å². The van der Waals surface area contributed by atoms with E-state index in [9.17, 15) is 0 Å². The van der Waals surface area contributed by atoms with Crippen molar-refractivity contribution in [1.82, 2.24) is 4.90 Å². The third-order valence-electron chi connectivity index (χ3n) is 5.23. The van der Waals surface area contributed by atoms with Gasteiger partial charge < -0.3 is 14.2 Å². The van der Waals surface area contributed by atoms with E-state index in [1.165, 1.54) is 12.0 Å². The van der Waals surface area contributed by atoms with Crippen molar-refractivity contribution in [2.24, 2.45) is 5.41 Å². The molecule has 0 saturated carbocycles. The Morgan fingerprint density at radius 2 is 2.13 bits per heavy atom. The van der Waals surface area contributed by atoms with E-state index >= 15 is 0 Å². The van der Waals surface area contributed by atoms with Gasteiger partial charge in [0.05, 0.1) is 19.8 Å². The fourth-order valence-corrected chi connectivity index (χ4v) is 4.02. The van der Waals surface area contributed by atoms with E-state index < -0.39 is 0 Å². The van der Waals surface area contributed by atoms with Crippen molar-refractivity contribution in [2.75, 3.05) is 40.0 Å². The van der Waals surface area contributed by atoms with E-state index in [-0.39, 0.29) is 5.41 Å². The molecular formula is C19H29NO3. The standard InChI is InChI=1S/C19H29NO3/c1-3-22-15-19-10-4-12-23-18(19)9-11-20(14-19)13-16-5-7-17(21-2)8-6-16/h5-8,18H,3-4,9-15H2,1-2H3/t18-,19+/m0/s1. The van der Waals surface area contributed by atoms with Crippen LogP contribution in [0.2, 0.25) is 0 Å². The van der Waals surface area contributed by atoms with E-state index in [1.54, 1.807) is 7.11 Å². The van der Waals surface area contributed by atoms with Gasteiger partial charge in [-0.25, -0.2) is 0 Å². The molecule has 1 aromatic carbocycles. The lowest BCUT2D eigenvalue weighted by Gasteiger charge is -2.50. The van der Waals surface area contributed by atoms with Gasteiger partial charge in [0.2, 0.25) is 0 Å². The molecule has 2 aliphatic heterocycles. The molecule has 4 heteroatoms. The summed E-state index contributed by atoms with van der Waals surface area (Å²) in [6.45, 7) is 7.77. The van der Waals surface area contributed by atoms with Gasteiger partial charge in [-0.1, -0.05) is 12.1 Å². The van der Waals surface area contributed by atoms with Crippen LogP contribution in [-0.4, -0.2) is 51.0 Å². The average Bonchev–Trinajstić information content (AvgIpc) is 2.60. The first kappa shape index (κ1) is 16.7. The van der Waals surface area contributed by atoms with Crippen molar-refractivity contribution in [1.29, 1.82) is 0 Å². The largest absolute Gasteiger partial charge is 0.497 e. The van der Waals surface area contributed by atoms with Crippen molar-refractivity contribution in [3.05, 3.63) is 29.8 Å². The third-order valence-corrected chi connectivity index (χ3v) is 5.23. The van der Waals surface area contributed by atoms with Gasteiger partial charge in [0, 0.05) is 38.3 Å². The van der Waals surface area contributed by atoms with Crippen molar-refractivity contribution < 1.29 is 14.2 Å². The number of likely N-dealkylation sites (tertiary alicyclic amines) is 1. The van der Waals surface area contributed by atoms with Crippen LogP contribution in [0.25, 0.3) is 0 Å². The molecule has 0 N–H and O–H groups in total. The summed E-state index contributed by atoms with van der Waals surface area (Å²) in [5.41, 5.74) is 1.52. The summed E-state index contributed by atoms with van der Waals surface area (Å²) in [6, 6.07) is 8.42. The Kier molecular flexibility index (Phi) is 5.57. The van der Waals surface area contributed by atoms with Crippen molar-refractivity contribution in [3.63, 3.8) is 0 Å². The zero-order valence-corrected chi connectivity index (χ0v) is 14.4. The lowest BCUT2D eigenvalue weighted by molar-refractivity contribution is -0.153. The molecule has 0 radical (unpaired) electrons. The number of methoxy groups -OCH3 is 1. The second-order valence-corrected chi connectivity index (χ2v) is 6.81. The van der Waals surface area contributed by atoms with Crippen molar-refractivity contribution in [2.45, 2.75) is 38.8 Å². The number of benzene rings is 1. The summed E-state index contributed by atoms with van der Waals surface area (Å²) in [6.07, 6.45) is 3.86. The number of nitrogens with zero attached hydrogens (tertiary/aromatic N) is 1. The summed E-state index contributed by atoms with van der Waals surface area (Å²) in [4.78, 5) is 2.56. The number of rotatable bonds is 6. The first-order valence-corrected chi connectivity index (χ1v) is 8.80. The second kappa shape index (κ2) is 7.65. The molecule has 2 heterocycles. The minimum atomic E-state index is 0.180. The number of ether oxygens (including phenoxy) is 3. The molecular weight excluding hydrogens is 290 g/mol. The Balaban J connectivity index is 1.66. The SMILES string of the molecule is CCOC[C@]12CCCO[C@H]1CCN(Cc1ccc(OC)cc1)C2. The third kappa shape index (κ3) is 3.87. The molecule has 2 saturated heterocycles. The molecule has 3 rings (SSSR count). The maximum atomic E-state index is 6.09. The number of hydrogen-bond donors (Lipinski definition) is 0. The smallest absolute Gasteiger partial charge is 0.118 e. The van der Waals surface area contributed by atoms with E-state index in [2.05, 4.69) is 24.0 Å². The van der Waals surface area contributed by atoms with Crippen molar-refractivity contribution in [3.8, 4) is 5.75 Å². The Morgan fingerprint density at radius 3 is 2.87 bits per heavy atom. The van der Waals surface area contributed by atoms with Gasteiger partial charge in [0.15, 0.2) is 0 Å². The van der Waals surface area contributed by atoms with Crippen LogP contribution in [0.3, 0.4) is 0 Å². The molecule has 0 unspecified atom stereocenters. The predicted octanol–water partition coefficient (Wildman–Crippen LogP) is 3.10. The normalized spacial score (nSPS) is 28.3. The molecule has 0 amide bonds. The molecule has 0 aliphatic carbocycles. The van der Waals surface area contributed by atoms with Crippen molar-refractivity contribution >= 4 is 0 Å². The quantitative estimate of drug-likeness (QED) is 0.806. The first-order valence-electron chi connectivity index (χ1n) is 8.80. The van der Waals surface area contributed by atoms with Crippen LogP contribution in [0, 0.1) is 5.41 Å². The summed E-state index contributed by atoms with van der Waals surface area (Å²) >= 11 is 0. The predicted molar refractivity (Wildman–Crippen MR) is 90.8 cm³/mol. The molecule has 2 fully saturated rings. The Hall–Kier alpha value is -1.10. The maximum Gasteiger partial charge on any atom is 0.118 e. The second-order valence-electron chi connectivity index (χ2n) is 6.81. The fourth-order valence-electron chi connectivity index (χ4n) is 4.02. The van der Waals surface area contributed by atoms with Gasteiger partial charge in [-0.3, -0.25) is 4.90 Å². The summed E-state index contributed by atoms with van der Waals surface area (Å²) in [7, 11) is 1.71. The molecule has 2 aliphatic rings. The van der Waals surface area contributed by atoms with Crippen LogP contribution < -0.4 is 4.74 Å².